The largest absolute Gasteiger partial charge is 0.228 e. The molecule has 0 aromatic heterocycles. The highest BCUT2D eigenvalue weighted by Gasteiger charge is 2.22. The Morgan fingerprint density at radius 3 is 2.00 bits per heavy atom. The Balaban J connectivity index is 4.56. The van der Waals surface area contributed by atoms with Crippen LogP contribution in [0.25, 0.3) is 0 Å². The Morgan fingerprint density at radius 2 is 1.69 bits per heavy atom. The van der Waals surface area contributed by atoms with E-state index in [0.717, 1.165) is 6.26 Å². The van der Waals surface area contributed by atoms with Crippen LogP contribution in [0.2, 0.25) is 0 Å². The van der Waals surface area contributed by atoms with Crippen LogP contribution in [0.1, 0.15) is 20.3 Å². The first-order valence-electron chi connectivity index (χ1n) is 4.79. The van der Waals surface area contributed by atoms with Crippen LogP contribution in [0, 0.1) is 5.92 Å². The first kappa shape index (κ1) is 16.3. The van der Waals surface area contributed by atoms with Gasteiger partial charge in [-0.1, -0.05) is 29.8 Å². The molecule has 16 heavy (non-hydrogen) atoms. The molecule has 0 radical (unpaired) electrons. The number of alkyl halides is 1. The van der Waals surface area contributed by atoms with Gasteiger partial charge in [-0.15, -0.1) is 0 Å². The van der Waals surface area contributed by atoms with Gasteiger partial charge in [0.25, 0.3) is 0 Å². The molecule has 5 nitrogen and oxygen atoms in total. The van der Waals surface area contributed by atoms with E-state index in [1.54, 1.807) is 0 Å². The lowest BCUT2D eigenvalue weighted by Gasteiger charge is -2.17. The summed E-state index contributed by atoms with van der Waals surface area (Å²) >= 11 is 3.20. The highest BCUT2D eigenvalue weighted by atomic mass is 79.9. The van der Waals surface area contributed by atoms with Gasteiger partial charge in [0.05, 0.1) is 0 Å². The molecule has 1 N–H and O–H groups in total. The maximum Gasteiger partial charge on any atom is 0.226 e. The number of sulfonamides is 1. The molecule has 0 heterocycles. The van der Waals surface area contributed by atoms with E-state index in [1.807, 2.05) is 13.8 Å². The molecule has 0 saturated carbocycles. The van der Waals surface area contributed by atoms with E-state index in [9.17, 15) is 16.8 Å². The lowest BCUT2D eigenvalue weighted by Crippen LogP contribution is -2.39. The quantitative estimate of drug-likeness (QED) is 0.695. The van der Waals surface area contributed by atoms with Gasteiger partial charge >= 0.3 is 0 Å². The molecule has 0 bridgehead atoms. The molecule has 1 unspecified atom stereocenters. The second kappa shape index (κ2) is 6.32. The number of rotatable bonds is 7. The normalized spacial score (nSPS) is 15.3. The van der Waals surface area contributed by atoms with Crippen LogP contribution < -0.4 is 4.72 Å². The summed E-state index contributed by atoms with van der Waals surface area (Å²) in [6.07, 6.45) is 1.56. The Kier molecular flexibility index (Phi) is 6.45. The standard InChI is InChI=1S/C8H18BrNO4S2/c1-7(2)4-8(5-9)10-16(13,14)6-15(3,11)12/h7-8,10H,4-6H2,1-3H3. The average Bonchev–Trinajstić information content (AvgIpc) is 1.96. The third-order valence-electron chi connectivity index (χ3n) is 1.66. The summed E-state index contributed by atoms with van der Waals surface area (Å²) in [4.78, 5) is 0. The van der Waals surface area contributed by atoms with Crippen molar-refractivity contribution in [3.05, 3.63) is 0 Å². The lowest BCUT2D eigenvalue weighted by atomic mass is 10.1. The Bertz CT molecular complexity index is 402. The van der Waals surface area contributed by atoms with Crippen LogP contribution in [-0.2, 0) is 19.9 Å². The summed E-state index contributed by atoms with van der Waals surface area (Å²) in [6, 6.07) is -0.272. The van der Waals surface area contributed by atoms with Gasteiger partial charge in [-0.05, 0) is 12.3 Å². The van der Waals surface area contributed by atoms with Crippen molar-refractivity contribution in [3.63, 3.8) is 0 Å². The minimum atomic E-state index is -3.76. The molecule has 0 saturated heterocycles. The van der Waals surface area contributed by atoms with E-state index < -0.39 is 24.9 Å². The first-order chi connectivity index (χ1) is 7.06. The number of nitrogens with one attached hydrogen (secondary N) is 1. The van der Waals surface area contributed by atoms with Crippen LogP contribution in [0.4, 0.5) is 0 Å². The van der Waals surface area contributed by atoms with Crippen molar-refractivity contribution in [1.29, 1.82) is 0 Å². The molecule has 0 aliphatic rings. The molecule has 98 valence electrons. The zero-order valence-corrected chi connectivity index (χ0v) is 12.8. The third kappa shape index (κ3) is 8.49. The Hall–Kier alpha value is 0.340. The van der Waals surface area contributed by atoms with Gasteiger partial charge in [-0.2, -0.15) is 0 Å². The molecule has 0 fully saturated rings. The van der Waals surface area contributed by atoms with Crippen LogP contribution >= 0.6 is 15.9 Å². The molecule has 8 heteroatoms. The third-order valence-corrected chi connectivity index (χ3v) is 6.09. The van der Waals surface area contributed by atoms with E-state index >= 15 is 0 Å². The van der Waals surface area contributed by atoms with Crippen molar-refractivity contribution in [2.75, 3.05) is 16.7 Å². The maximum atomic E-state index is 11.5. The molecule has 0 rings (SSSR count). The summed E-state index contributed by atoms with van der Waals surface area (Å²) in [5, 5.41) is -0.393. The molecule has 0 spiro atoms. The predicted molar refractivity (Wildman–Crippen MR) is 68.8 cm³/mol. The number of sulfone groups is 1. The first-order valence-corrected chi connectivity index (χ1v) is 9.63. The summed E-state index contributed by atoms with van der Waals surface area (Å²) in [7, 11) is -7.29. The van der Waals surface area contributed by atoms with Crippen molar-refractivity contribution < 1.29 is 16.8 Å². The van der Waals surface area contributed by atoms with Crippen LogP contribution in [0.3, 0.4) is 0 Å². The van der Waals surface area contributed by atoms with Gasteiger partial charge in [-0.3, -0.25) is 0 Å². The molecule has 0 aliphatic heterocycles. The predicted octanol–water partition coefficient (Wildman–Crippen LogP) is 0.718. The van der Waals surface area contributed by atoms with E-state index in [1.165, 1.54) is 0 Å². The summed E-state index contributed by atoms with van der Waals surface area (Å²) in [5.41, 5.74) is 0. The zero-order chi connectivity index (χ0) is 13.0. The summed E-state index contributed by atoms with van der Waals surface area (Å²) in [5.74, 6) is 0.337. The van der Waals surface area contributed by atoms with Crippen molar-refractivity contribution >= 4 is 35.8 Å². The highest BCUT2D eigenvalue weighted by Crippen LogP contribution is 2.08. The van der Waals surface area contributed by atoms with Gasteiger partial charge in [0, 0.05) is 17.6 Å². The van der Waals surface area contributed by atoms with Gasteiger partial charge < -0.3 is 0 Å². The highest BCUT2D eigenvalue weighted by molar-refractivity contribution is 9.09. The summed E-state index contributed by atoms with van der Waals surface area (Å²) < 4.78 is 47.2. The van der Waals surface area contributed by atoms with E-state index in [-0.39, 0.29) is 6.04 Å². The number of hydrogen-bond donors (Lipinski definition) is 1. The molecule has 0 aliphatic carbocycles. The number of hydrogen-bond acceptors (Lipinski definition) is 4. The molecule has 0 aromatic carbocycles. The van der Waals surface area contributed by atoms with Gasteiger partial charge in [0.1, 0.15) is 0 Å². The Labute approximate surface area is 106 Å². The smallest absolute Gasteiger partial charge is 0.226 e. The van der Waals surface area contributed by atoms with E-state index in [2.05, 4.69) is 20.7 Å². The maximum absolute atomic E-state index is 11.5. The van der Waals surface area contributed by atoms with Crippen molar-refractivity contribution in [3.8, 4) is 0 Å². The second-order valence-corrected chi connectivity index (χ2v) is 9.16. The molecular weight excluding hydrogens is 318 g/mol. The van der Waals surface area contributed by atoms with Gasteiger partial charge in [0.2, 0.25) is 10.0 Å². The van der Waals surface area contributed by atoms with E-state index in [0.29, 0.717) is 17.7 Å². The van der Waals surface area contributed by atoms with Crippen molar-refractivity contribution in [2.45, 2.75) is 26.3 Å². The SMILES string of the molecule is CC(C)CC(CBr)NS(=O)(=O)CS(C)(=O)=O. The van der Waals surface area contributed by atoms with Crippen molar-refractivity contribution in [2.24, 2.45) is 5.92 Å². The lowest BCUT2D eigenvalue weighted by molar-refractivity contribution is 0.489. The van der Waals surface area contributed by atoms with E-state index in [4.69, 9.17) is 0 Å². The minimum absolute atomic E-state index is 0.272. The fourth-order valence-electron chi connectivity index (χ4n) is 1.28. The zero-order valence-electron chi connectivity index (χ0n) is 9.60. The second-order valence-electron chi connectivity index (χ2n) is 4.26. The van der Waals surface area contributed by atoms with Gasteiger partial charge in [-0.25, -0.2) is 21.6 Å². The molecular formula is C8H18BrNO4S2. The monoisotopic (exact) mass is 335 g/mol. The van der Waals surface area contributed by atoms with Crippen LogP contribution in [0.15, 0.2) is 0 Å². The minimum Gasteiger partial charge on any atom is -0.228 e. The average molecular weight is 336 g/mol. The Morgan fingerprint density at radius 1 is 1.19 bits per heavy atom. The fraction of sp³-hybridized carbons (Fsp3) is 1.00. The molecule has 0 aromatic rings. The molecule has 0 amide bonds. The van der Waals surface area contributed by atoms with Gasteiger partial charge in [0.15, 0.2) is 14.9 Å². The van der Waals surface area contributed by atoms with Crippen LogP contribution in [-0.4, -0.2) is 39.5 Å². The van der Waals surface area contributed by atoms with Crippen LogP contribution in [0.5, 0.6) is 0 Å². The van der Waals surface area contributed by atoms with Crippen molar-refractivity contribution in [1.82, 2.24) is 4.72 Å². The fourth-order valence-corrected chi connectivity index (χ4v) is 5.14. The number of halogens is 1. The topological polar surface area (TPSA) is 80.3 Å². The summed E-state index contributed by atoms with van der Waals surface area (Å²) in [6.45, 7) is 3.95. The molecule has 1 atom stereocenters.